The zero-order valence-electron chi connectivity index (χ0n) is 9.95. The van der Waals surface area contributed by atoms with Crippen molar-refractivity contribution in [1.29, 1.82) is 0 Å². The molecule has 0 atom stereocenters. The summed E-state index contributed by atoms with van der Waals surface area (Å²) in [4.78, 5) is 2.37. The number of nitrogens with zero attached hydrogens (tertiary/aromatic N) is 1. The molecule has 0 radical (unpaired) electrons. The van der Waals surface area contributed by atoms with Gasteiger partial charge in [-0.05, 0) is 43.5 Å². The van der Waals surface area contributed by atoms with Gasteiger partial charge >= 0.3 is 0 Å². The molecular formula is C13H21NO. The second kappa shape index (κ2) is 5.64. The average molecular weight is 207 g/mol. The van der Waals surface area contributed by atoms with E-state index in [4.69, 9.17) is 0 Å². The first-order valence-corrected chi connectivity index (χ1v) is 5.73. The number of rotatable bonds is 5. The Morgan fingerprint density at radius 3 is 2.20 bits per heavy atom. The molecule has 15 heavy (non-hydrogen) atoms. The molecule has 0 saturated heterocycles. The van der Waals surface area contributed by atoms with Crippen LogP contribution in [0.1, 0.15) is 32.3 Å². The smallest absolute Gasteiger partial charge is 0.118 e. The second-order valence-corrected chi connectivity index (χ2v) is 3.96. The van der Waals surface area contributed by atoms with Crippen molar-refractivity contribution in [3.63, 3.8) is 0 Å². The predicted octanol–water partition coefficient (Wildman–Crippen LogP) is 3.33. The third-order valence-corrected chi connectivity index (χ3v) is 2.53. The first-order valence-electron chi connectivity index (χ1n) is 5.73. The maximum absolute atomic E-state index is 9.47. The van der Waals surface area contributed by atoms with Gasteiger partial charge in [-0.3, -0.25) is 0 Å². The Bertz CT molecular complexity index is 303. The van der Waals surface area contributed by atoms with E-state index in [1.54, 1.807) is 6.07 Å². The molecule has 0 fully saturated rings. The Balaban J connectivity index is 2.85. The Labute approximate surface area is 92.5 Å². The van der Waals surface area contributed by atoms with E-state index < -0.39 is 0 Å². The van der Waals surface area contributed by atoms with Gasteiger partial charge in [-0.2, -0.15) is 0 Å². The number of anilines is 1. The lowest BCUT2D eigenvalue weighted by atomic mass is 10.2. The van der Waals surface area contributed by atoms with Gasteiger partial charge in [0.2, 0.25) is 0 Å². The van der Waals surface area contributed by atoms with Crippen molar-refractivity contribution in [3.8, 4) is 5.75 Å². The number of phenolic OH excluding ortho intramolecular Hbond substituents is 1. The number of benzene rings is 1. The predicted molar refractivity (Wildman–Crippen MR) is 65.6 cm³/mol. The maximum Gasteiger partial charge on any atom is 0.118 e. The van der Waals surface area contributed by atoms with E-state index in [9.17, 15) is 5.11 Å². The van der Waals surface area contributed by atoms with Crippen molar-refractivity contribution >= 4 is 5.69 Å². The van der Waals surface area contributed by atoms with Gasteiger partial charge in [-0.25, -0.2) is 0 Å². The minimum absolute atomic E-state index is 0.381. The molecule has 0 bridgehead atoms. The highest BCUT2D eigenvalue weighted by Crippen LogP contribution is 2.23. The maximum atomic E-state index is 9.47. The van der Waals surface area contributed by atoms with E-state index in [0.29, 0.717) is 5.75 Å². The van der Waals surface area contributed by atoms with Crippen molar-refractivity contribution in [2.75, 3.05) is 18.0 Å². The molecule has 0 saturated carbocycles. The Hall–Kier alpha value is -1.18. The molecule has 1 aromatic carbocycles. The molecular weight excluding hydrogens is 186 g/mol. The summed E-state index contributed by atoms with van der Waals surface area (Å²) >= 11 is 0. The van der Waals surface area contributed by atoms with Gasteiger partial charge in [0.25, 0.3) is 0 Å². The summed E-state index contributed by atoms with van der Waals surface area (Å²) in [6.45, 7) is 8.48. The second-order valence-electron chi connectivity index (χ2n) is 3.96. The van der Waals surface area contributed by atoms with Crippen LogP contribution in [0.2, 0.25) is 0 Å². The van der Waals surface area contributed by atoms with Crippen molar-refractivity contribution in [3.05, 3.63) is 23.8 Å². The highest BCUT2D eigenvalue weighted by atomic mass is 16.3. The molecule has 0 unspecified atom stereocenters. The zero-order valence-corrected chi connectivity index (χ0v) is 9.95. The average Bonchev–Trinajstić information content (AvgIpc) is 2.22. The largest absolute Gasteiger partial charge is 0.508 e. The van der Waals surface area contributed by atoms with Gasteiger partial charge in [0.1, 0.15) is 5.75 Å². The molecule has 0 spiro atoms. The first kappa shape index (κ1) is 11.9. The fraction of sp³-hybridized carbons (Fsp3) is 0.538. The van der Waals surface area contributed by atoms with Crippen LogP contribution in [0.25, 0.3) is 0 Å². The van der Waals surface area contributed by atoms with Crippen LogP contribution in [0.4, 0.5) is 5.69 Å². The van der Waals surface area contributed by atoms with Crippen LogP contribution < -0.4 is 4.90 Å². The van der Waals surface area contributed by atoms with Crippen LogP contribution in [0.3, 0.4) is 0 Å². The third kappa shape index (κ3) is 3.15. The first-order chi connectivity index (χ1) is 7.19. The topological polar surface area (TPSA) is 23.5 Å². The van der Waals surface area contributed by atoms with Crippen LogP contribution in [-0.4, -0.2) is 18.2 Å². The fourth-order valence-corrected chi connectivity index (χ4v) is 1.75. The summed E-state index contributed by atoms with van der Waals surface area (Å²) in [5.74, 6) is 0.381. The molecule has 2 nitrogen and oxygen atoms in total. The molecule has 1 N–H and O–H groups in total. The fourth-order valence-electron chi connectivity index (χ4n) is 1.75. The van der Waals surface area contributed by atoms with Crippen molar-refractivity contribution < 1.29 is 5.11 Å². The zero-order chi connectivity index (χ0) is 11.3. The van der Waals surface area contributed by atoms with Crippen molar-refractivity contribution in [2.45, 2.75) is 33.6 Å². The highest BCUT2D eigenvalue weighted by molar-refractivity contribution is 5.52. The number of hydrogen-bond donors (Lipinski definition) is 1. The van der Waals surface area contributed by atoms with Crippen LogP contribution in [0, 0.1) is 6.92 Å². The van der Waals surface area contributed by atoms with Gasteiger partial charge in [0.05, 0.1) is 0 Å². The molecule has 0 amide bonds. The quantitative estimate of drug-likeness (QED) is 0.800. The molecule has 0 aliphatic carbocycles. The Kier molecular flexibility index (Phi) is 4.47. The summed E-state index contributed by atoms with van der Waals surface area (Å²) in [7, 11) is 0. The number of aryl methyl sites for hydroxylation is 1. The minimum atomic E-state index is 0.381. The summed E-state index contributed by atoms with van der Waals surface area (Å²) in [5, 5.41) is 9.47. The van der Waals surface area contributed by atoms with Crippen LogP contribution in [0.15, 0.2) is 18.2 Å². The van der Waals surface area contributed by atoms with Gasteiger partial charge in [0.15, 0.2) is 0 Å². The molecule has 1 aromatic rings. The van der Waals surface area contributed by atoms with E-state index in [2.05, 4.69) is 24.8 Å². The molecule has 1 rings (SSSR count). The van der Waals surface area contributed by atoms with Crippen LogP contribution >= 0.6 is 0 Å². The highest BCUT2D eigenvalue weighted by Gasteiger charge is 2.05. The van der Waals surface area contributed by atoms with Crippen LogP contribution in [-0.2, 0) is 0 Å². The van der Waals surface area contributed by atoms with Gasteiger partial charge in [0, 0.05) is 18.8 Å². The van der Waals surface area contributed by atoms with Crippen LogP contribution in [0.5, 0.6) is 5.75 Å². The van der Waals surface area contributed by atoms with Gasteiger partial charge < -0.3 is 10.0 Å². The lowest BCUT2D eigenvalue weighted by Gasteiger charge is -2.24. The van der Waals surface area contributed by atoms with Crippen molar-refractivity contribution in [2.24, 2.45) is 0 Å². The van der Waals surface area contributed by atoms with E-state index >= 15 is 0 Å². The number of aromatic hydroxyl groups is 1. The molecule has 84 valence electrons. The van der Waals surface area contributed by atoms with Gasteiger partial charge in [-0.15, -0.1) is 0 Å². The third-order valence-electron chi connectivity index (χ3n) is 2.53. The summed E-state index contributed by atoms with van der Waals surface area (Å²) in [6.07, 6.45) is 2.31. The SMILES string of the molecule is CCCN(CCC)c1ccc(O)c(C)c1. The normalized spacial score (nSPS) is 10.3. The number of phenols is 1. The summed E-state index contributed by atoms with van der Waals surface area (Å²) in [6, 6.07) is 5.83. The molecule has 2 heteroatoms. The molecule has 0 aliphatic rings. The summed E-state index contributed by atoms with van der Waals surface area (Å²) in [5.41, 5.74) is 2.17. The van der Waals surface area contributed by atoms with E-state index in [-0.39, 0.29) is 0 Å². The molecule has 0 aliphatic heterocycles. The number of hydrogen-bond acceptors (Lipinski definition) is 2. The standard InChI is InChI=1S/C13H21NO/c1-4-8-14(9-5-2)12-6-7-13(15)11(3)10-12/h6-7,10,15H,4-5,8-9H2,1-3H3. The lowest BCUT2D eigenvalue weighted by Crippen LogP contribution is -2.24. The van der Waals surface area contributed by atoms with E-state index in [1.807, 2.05) is 13.0 Å². The minimum Gasteiger partial charge on any atom is -0.508 e. The van der Waals surface area contributed by atoms with Crippen molar-refractivity contribution in [1.82, 2.24) is 0 Å². The summed E-state index contributed by atoms with van der Waals surface area (Å²) < 4.78 is 0. The molecule has 0 heterocycles. The van der Waals surface area contributed by atoms with E-state index in [0.717, 1.165) is 31.5 Å². The van der Waals surface area contributed by atoms with Gasteiger partial charge in [-0.1, -0.05) is 13.8 Å². The lowest BCUT2D eigenvalue weighted by molar-refractivity contribution is 0.471. The Morgan fingerprint density at radius 2 is 1.73 bits per heavy atom. The monoisotopic (exact) mass is 207 g/mol. The molecule has 0 aromatic heterocycles. The van der Waals surface area contributed by atoms with E-state index in [1.165, 1.54) is 5.69 Å². The Morgan fingerprint density at radius 1 is 1.13 bits per heavy atom.